The summed E-state index contributed by atoms with van der Waals surface area (Å²) in [5.74, 6) is -6.23. The molecular formula is C43H36Br3Cl2F12N9O9S. The average molecular weight is 1390 g/mol. The number of nitrogens with one attached hydrogen (secondary N) is 3. The molecule has 3 N–H and O–H groups in total. The maximum atomic E-state index is 13.3. The van der Waals surface area contributed by atoms with Gasteiger partial charge in [-0.05, 0) is 91.3 Å². The number of hydrogen-bond acceptors (Lipinski definition) is 16. The highest BCUT2D eigenvalue weighted by Crippen LogP contribution is 2.30. The fraction of sp³-hybridized carbons (Fsp3) is 0.279. The van der Waals surface area contributed by atoms with E-state index in [4.69, 9.17) is 32.1 Å². The average Bonchev–Trinajstić information content (AvgIpc) is 3.82. The Morgan fingerprint density at radius 3 is 1.61 bits per heavy atom. The summed E-state index contributed by atoms with van der Waals surface area (Å²) in [6.45, 7) is 9.13. The number of amides is 1. The second-order valence-corrected chi connectivity index (χ2v) is 19.3. The van der Waals surface area contributed by atoms with Gasteiger partial charge in [0.15, 0.2) is 11.4 Å². The van der Waals surface area contributed by atoms with E-state index >= 15 is 0 Å². The molecule has 0 saturated carbocycles. The minimum absolute atomic E-state index is 0.0188. The third kappa shape index (κ3) is 30.9. The molecule has 79 heavy (non-hydrogen) atoms. The van der Waals surface area contributed by atoms with E-state index in [1.54, 1.807) is 19.9 Å². The van der Waals surface area contributed by atoms with E-state index in [9.17, 15) is 80.3 Å². The summed E-state index contributed by atoms with van der Waals surface area (Å²) in [5, 5.41) is 30.9. The summed E-state index contributed by atoms with van der Waals surface area (Å²) in [6.07, 6.45) is -13.6. The summed E-state index contributed by atoms with van der Waals surface area (Å²) in [6, 6.07) is 14.1. The molecule has 432 valence electrons. The molecule has 0 radical (unpaired) electrons. The molecule has 0 spiro atoms. The van der Waals surface area contributed by atoms with Crippen molar-refractivity contribution in [2.45, 2.75) is 44.1 Å². The zero-order valence-corrected chi connectivity index (χ0v) is 47.2. The van der Waals surface area contributed by atoms with Crippen LogP contribution in [0.3, 0.4) is 0 Å². The maximum Gasteiger partial charge on any atom is 0.472 e. The van der Waals surface area contributed by atoms with Crippen molar-refractivity contribution in [2.24, 2.45) is 5.10 Å². The molecule has 1 amide bonds. The van der Waals surface area contributed by atoms with E-state index in [0.29, 0.717) is 29.3 Å². The highest BCUT2D eigenvalue weighted by Gasteiger charge is 2.39. The number of hydrazine groups is 1. The van der Waals surface area contributed by atoms with Crippen molar-refractivity contribution < 1.29 is 94.5 Å². The van der Waals surface area contributed by atoms with E-state index in [1.165, 1.54) is 24.5 Å². The Kier molecular flexibility index (Phi) is 33.7. The van der Waals surface area contributed by atoms with Crippen molar-refractivity contribution in [3.05, 3.63) is 117 Å². The molecule has 0 saturated heterocycles. The highest BCUT2D eigenvalue weighted by atomic mass is 79.9. The first kappa shape index (κ1) is 74.4. The van der Waals surface area contributed by atoms with Crippen LogP contribution in [0.2, 0.25) is 0 Å². The van der Waals surface area contributed by atoms with Gasteiger partial charge in [0.1, 0.15) is 40.5 Å². The van der Waals surface area contributed by atoms with Gasteiger partial charge in [0.05, 0.1) is 64.3 Å². The van der Waals surface area contributed by atoms with Gasteiger partial charge < -0.3 is 14.2 Å². The first-order valence-electron chi connectivity index (χ1n) is 20.3. The normalized spacial score (nSPS) is 11.1. The minimum Gasteiger partial charge on any atom is -0.465 e. The number of nitriles is 3. The predicted molar refractivity (Wildman–Crippen MR) is 271 cm³/mol. The Hall–Kier alpha value is -6.64. The molecule has 3 aromatic carbocycles. The largest absolute Gasteiger partial charge is 0.472 e. The zero-order valence-electron chi connectivity index (χ0n) is 40.1. The number of hydrogen-bond donors (Lipinski definition) is 3. The highest BCUT2D eigenvalue weighted by molar-refractivity contribution is 9.12. The van der Waals surface area contributed by atoms with Gasteiger partial charge in [-0.25, -0.2) is 35.9 Å². The van der Waals surface area contributed by atoms with E-state index in [1.807, 2.05) is 10.9 Å². The van der Waals surface area contributed by atoms with Crippen molar-refractivity contribution in [1.29, 1.82) is 15.8 Å². The first-order chi connectivity index (χ1) is 36.4. The van der Waals surface area contributed by atoms with Crippen LogP contribution >= 0.6 is 70.1 Å². The van der Waals surface area contributed by atoms with Gasteiger partial charge >= 0.3 is 42.3 Å². The molecule has 0 aliphatic rings. The van der Waals surface area contributed by atoms with Crippen molar-refractivity contribution in [3.63, 3.8) is 0 Å². The summed E-state index contributed by atoms with van der Waals surface area (Å²) in [4.78, 5) is 43.1. The van der Waals surface area contributed by atoms with Gasteiger partial charge in [0.2, 0.25) is 14.2 Å². The second kappa shape index (κ2) is 35.8. The van der Waals surface area contributed by atoms with Crippen LogP contribution < -0.4 is 16.3 Å². The monoisotopic (exact) mass is 1390 g/mol. The fourth-order valence-electron chi connectivity index (χ4n) is 4.05. The van der Waals surface area contributed by atoms with Crippen LogP contribution in [0.4, 0.5) is 64.1 Å². The van der Waals surface area contributed by atoms with E-state index in [0.717, 1.165) is 60.9 Å². The fourth-order valence-corrected chi connectivity index (χ4v) is 4.60. The molecule has 1 atom stereocenters. The lowest BCUT2D eigenvalue weighted by atomic mass is 10.2. The number of rotatable bonds is 12. The van der Waals surface area contributed by atoms with Crippen molar-refractivity contribution in [1.82, 2.24) is 15.2 Å². The van der Waals surface area contributed by atoms with Crippen molar-refractivity contribution in [3.8, 4) is 23.9 Å². The number of nitrogens with zero attached hydrogens (tertiary/aromatic N) is 6. The van der Waals surface area contributed by atoms with Gasteiger partial charge in [-0.3, -0.25) is 25.9 Å². The number of aromatic nitrogens is 2. The van der Waals surface area contributed by atoms with Gasteiger partial charge in [0, 0.05) is 22.1 Å². The Labute approximate surface area is 475 Å². The van der Waals surface area contributed by atoms with Crippen molar-refractivity contribution >= 4 is 119 Å². The number of alkyl halides is 11. The summed E-state index contributed by atoms with van der Waals surface area (Å²) in [5.41, 5.74) is 2.33. The standard InChI is InChI=1S/C14H9F4N3O2.C9H4ClF4N3.C9H5F4N3O.C5H8Br2O2.C5H7BrO2.CH3ClO2S/c1-2-23-13(22)11-6-12(14(16,17)18)20-21(11)9-3-4-10(15)8(5-9)7-19;10-8(9(12,13)14)17-16-6-1-2-7(11)5(3-6)4-15;10-7-2-1-6(3-5(7)4-14)15-16-8(17)9(11,12)13;1-2-9-5(8)4(7)3-6;1-3-8-5(7)4(2)6;1-5(2,3)4/h3-6H,2H2,1H3;1-3,16H;1-3,15H,(H,16,17);4H,2-3H2,1H3;2-3H2,1H3;1H3/b;17-8-;;;;. The van der Waals surface area contributed by atoms with E-state index in [-0.39, 0.29) is 55.6 Å². The summed E-state index contributed by atoms with van der Waals surface area (Å²) < 4.78 is 182. The maximum absolute atomic E-state index is 13.3. The van der Waals surface area contributed by atoms with Crippen LogP contribution in [0.25, 0.3) is 5.69 Å². The molecule has 18 nitrogen and oxygen atoms in total. The molecular weight excluding hydrogens is 1360 g/mol. The number of benzene rings is 3. The lowest BCUT2D eigenvalue weighted by molar-refractivity contribution is -0.173. The Morgan fingerprint density at radius 1 is 0.772 bits per heavy atom. The van der Waals surface area contributed by atoms with Crippen molar-refractivity contribution in [2.75, 3.05) is 42.3 Å². The Bertz CT molecular complexity index is 3000. The molecule has 0 fully saturated rings. The molecule has 0 aliphatic heterocycles. The third-order valence-corrected chi connectivity index (χ3v) is 10.1. The first-order valence-corrected chi connectivity index (χ1v) is 26.2. The molecule has 0 aliphatic carbocycles. The number of carbonyl (C=O) groups is 4. The van der Waals surface area contributed by atoms with Gasteiger partial charge in [-0.1, -0.05) is 50.0 Å². The smallest absolute Gasteiger partial charge is 0.465 e. The zero-order chi connectivity index (χ0) is 61.6. The van der Waals surface area contributed by atoms with E-state index < -0.39 is 79.4 Å². The molecule has 4 aromatic rings. The van der Waals surface area contributed by atoms with Gasteiger partial charge in [-0.2, -0.15) is 65.5 Å². The molecule has 36 heteroatoms. The lowest BCUT2D eigenvalue weighted by Gasteiger charge is -2.10. The number of hydrazone groups is 1. The third-order valence-electron chi connectivity index (χ3n) is 7.24. The Morgan fingerprint density at radius 2 is 1.22 bits per heavy atom. The number of ether oxygens (including phenoxy) is 3. The van der Waals surface area contributed by atoms with Gasteiger partial charge in [-0.15, -0.1) is 0 Å². The molecule has 1 aromatic heterocycles. The summed E-state index contributed by atoms with van der Waals surface area (Å²) in [7, 11) is 1.31. The number of carbonyl (C=O) groups excluding carboxylic acids is 4. The minimum atomic E-state index is -5.02. The van der Waals surface area contributed by atoms with Crippen LogP contribution in [0.15, 0.2) is 76.8 Å². The van der Waals surface area contributed by atoms with Crippen LogP contribution in [0.5, 0.6) is 0 Å². The van der Waals surface area contributed by atoms with Crippen LogP contribution in [0, 0.1) is 51.4 Å². The number of anilines is 2. The van der Waals surface area contributed by atoms with E-state index in [2.05, 4.69) is 84.7 Å². The SMILES string of the molecule is C=C(Br)C(=O)OCC.CCOC(=O)C(Br)CBr.CCOC(=O)c1cc(C(F)(F)F)nn1-c1ccc(F)c(C#N)c1.CS(=O)(=O)Cl.N#Cc1cc(N/N=C(\Cl)C(F)(F)F)ccc1F.N#Cc1cc(NNC(=O)C(F)(F)F)ccc1F. The molecule has 1 heterocycles. The second-order valence-electron chi connectivity index (χ2n) is 13.2. The Balaban J connectivity index is 0. The topological polar surface area (TPSA) is 268 Å². The number of halogens is 17. The van der Waals surface area contributed by atoms with Gasteiger partial charge in [0.25, 0.3) is 0 Å². The van der Waals surface area contributed by atoms with Crippen LogP contribution in [-0.2, 0) is 43.8 Å². The van der Waals surface area contributed by atoms with Crippen LogP contribution in [-0.4, -0.2) is 95.8 Å². The quantitative estimate of drug-likeness (QED) is 0.0174. The molecule has 1 unspecified atom stereocenters. The van der Waals surface area contributed by atoms with Crippen LogP contribution in [0.1, 0.15) is 53.6 Å². The number of esters is 3. The lowest BCUT2D eigenvalue weighted by Crippen LogP contribution is -2.40. The molecule has 0 bridgehead atoms. The predicted octanol–water partition coefficient (Wildman–Crippen LogP) is 11.4. The summed E-state index contributed by atoms with van der Waals surface area (Å²) >= 11 is 14.0. The molecule has 4 rings (SSSR count).